The van der Waals surface area contributed by atoms with Gasteiger partial charge in [0.15, 0.2) is 0 Å². The predicted molar refractivity (Wildman–Crippen MR) is 80.7 cm³/mol. The minimum Gasteiger partial charge on any atom is -0.391 e. The van der Waals surface area contributed by atoms with E-state index in [-0.39, 0.29) is 18.1 Å². The van der Waals surface area contributed by atoms with E-state index in [4.69, 9.17) is 0 Å². The minimum absolute atomic E-state index is 0.0316. The Morgan fingerprint density at radius 1 is 1.40 bits per heavy atom. The largest absolute Gasteiger partial charge is 0.391 e. The maximum Gasteiger partial charge on any atom is 0.238 e. The number of nitrogens with zero attached hydrogens (tertiary/aromatic N) is 1. The van der Waals surface area contributed by atoms with Crippen LogP contribution in [0.15, 0.2) is 24.3 Å². The Balaban J connectivity index is 1.87. The van der Waals surface area contributed by atoms with Crippen LogP contribution in [0.25, 0.3) is 0 Å². The first-order valence-electron chi connectivity index (χ1n) is 7.31. The quantitative estimate of drug-likeness (QED) is 0.886. The van der Waals surface area contributed by atoms with Crippen LogP contribution in [0.1, 0.15) is 31.2 Å². The Hall–Kier alpha value is -1.39. The number of aliphatic hydroxyl groups excluding tert-OH is 1. The third kappa shape index (κ3) is 4.05. The molecule has 1 aromatic rings. The Morgan fingerprint density at radius 3 is 2.85 bits per heavy atom. The second-order valence-corrected chi connectivity index (χ2v) is 5.75. The minimum atomic E-state index is -0.305. The maximum absolute atomic E-state index is 12.0. The summed E-state index contributed by atoms with van der Waals surface area (Å²) in [5, 5.41) is 12.9. The number of hydrogen-bond donors (Lipinski definition) is 2. The lowest BCUT2D eigenvalue weighted by Crippen LogP contribution is -2.46. The van der Waals surface area contributed by atoms with Crippen LogP contribution in [0.4, 0.5) is 5.69 Å². The lowest BCUT2D eigenvalue weighted by atomic mass is 9.91. The Morgan fingerprint density at radius 2 is 2.15 bits per heavy atom. The lowest BCUT2D eigenvalue weighted by molar-refractivity contribution is -0.118. The molecule has 4 nitrogen and oxygen atoms in total. The molecule has 0 heterocycles. The molecule has 2 rings (SSSR count). The summed E-state index contributed by atoms with van der Waals surface area (Å²) in [4.78, 5) is 14.0. The van der Waals surface area contributed by atoms with Crippen molar-refractivity contribution in [1.29, 1.82) is 0 Å². The highest BCUT2D eigenvalue weighted by atomic mass is 16.3. The van der Waals surface area contributed by atoms with Gasteiger partial charge < -0.3 is 10.4 Å². The van der Waals surface area contributed by atoms with Crippen LogP contribution in [0.3, 0.4) is 0 Å². The molecule has 0 aliphatic heterocycles. The molecule has 1 amide bonds. The van der Waals surface area contributed by atoms with Gasteiger partial charge in [-0.15, -0.1) is 0 Å². The van der Waals surface area contributed by atoms with Gasteiger partial charge in [-0.3, -0.25) is 9.69 Å². The van der Waals surface area contributed by atoms with Crippen LogP contribution in [-0.4, -0.2) is 41.7 Å². The van der Waals surface area contributed by atoms with Crippen molar-refractivity contribution in [3.8, 4) is 0 Å². The van der Waals surface area contributed by atoms with E-state index in [1.54, 1.807) is 0 Å². The summed E-state index contributed by atoms with van der Waals surface area (Å²) in [6, 6.07) is 7.87. The van der Waals surface area contributed by atoms with Gasteiger partial charge in [0, 0.05) is 11.7 Å². The third-order valence-electron chi connectivity index (χ3n) is 3.95. The van der Waals surface area contributed by atoms with Gasteiger partial charge >= 0.3 is 0 Å². The molecule has 0 spiro atoms. The topological polar surface area (TPSA) is 52.6 Å². The van der Waals surface area contributed by atoms with Crippen LogP contribution in [0.2, 0.25) is 0 Å². The molecule has 20 heavy (non-hydrogen) atoms. The van der Waals surface area contributed by atoms with Crippen molar-refractivity contribution in [2.75, 3.05) is 18.9 Å². The van der Waals surface area contributed by atoms with Crippen molar-refractivity contribution in [2.24, 2.45) is 0 Å². The third-order valence-corrected chi connectivity index (χ3v) is 3.95. The molecule has 1 saturated carbocycles. The number of carbonyl (C=O) groups excluding carboxylic acids is 1. The highest BCUT2D eigenvalue weighted by Gasteiger charge is 2.27. The van der Waals surface area contributed by atoms with E-state index in [2.05, 4.69) is 5.32 Å². The smallest absolute Gasteiger partial charge is 0.238 e. The van der Waals surface area contributed by atoms with Crippen LogP contribution in [0.5, 0.6) is 0 Å². The first kappa shape index (κ1) is 15.0. The molecular weight excluding hydrogens is 252 g/mol. The molecular formula is C16H24N2O2. The maximum atomic E-state index is 12.0. The van der Waals surface area contributed by atoms with Crippen molar-refractivity contribution >= 4 is 11.6 Å². The summed E-state index contributed by atoms with van der Waals surface area (Å²) in [7, 11) is 1.91. The first-order chi connectivity index (χ1) is 9.56. The number of aliphatic hydroxyl groups is 1. The van der Waals surface area contributed by atoms with Crippen molar-refractivity contribution in [3.05, 3.63) is 29.8 Å². The molecule has 0 saturated heterocycles. The molecule has 1 aliphatic rings. The standard InChI is InChI=1S/C16H24N2O2/c1-12-6-5-7-13(10-12)17-16(20)11-18(2)14-8-3-4-9-15(14)19/h5-7,10,14-15,19H,3-4,8-9,11H2,1-2H3,(H,17,20). The molecule has 2 N–H and O–H groups in total. The summed E-state index contributed by atoms with van der Waals surface area (Å²) < 4.78 is 0. The number of rotatable bonds is 4. The second-order valence-electron chi connectivity index (χ2n) is 5.75. The van der Waals surface area contributed by atoms with Crippen molar-refractivity contribution in [1.82, 2.24) is 4.90 Å². The second kappa shape index (κ2) is 6.86. The highest BCUT2D eigenvalue weighted by Crippen LogP contribution is 2.22. The van der Waals surface area contributed by atoms with Crippen molar-refractivity contribution in [3.63, 3.8) is 0 Å². The van der Waals surface area contributed by atoms with E-state index in [0.29, 0.717) is 6.54 Å². The summed E-state index contributed by atoms with van der Waals surface area (Å²) in [6.45, 7) is 2.32. The van der Waals surface area contributed by atoms with E-state index in [9.17, 15) is 9.90 Å². The van der Waals surface area contributed by atoms with Gasteiger partial charge in [-0.25, -0.2) is 0 Å². The van der Waals surface area contributed by atoms with Crippen LogP contribution >= 0.6 is 0 Å². The van der Waals surface area contributed by atoms with Gasteiger partial charge in [-0.1, -0.05) is 25.0 Å². The fraction of sp³-hybridized carbons (Fsp3) is 0.562. The average molecular weight is 276 g/mol. The van der Waals surface area contributed by atoms with Gasteiger partial charge in [0.05, 0.1) is 12.6 Å². The van der Waals surface area contributed by atoms with Gasteiger partial charge in [-0.05, 0) is 44.5 Å². The van der Waals surface area contributed by atoms with E-state index in [0.717, 1.165) is 36.9 Å². The molecule has 2 unspecified atom stereocenters. The van der Waals surface area contributed by atoms with E-state index < -0.39 is 0 Å². The highest BCUT2D eigenvalue weighted by molar-refractivity contribution is 5.92. The number of nitrogens with one attached hydrogen (secondary N) is 1. The molecule has 1 aliphatic carbocycles. The predicted octanol–water partition coefficient (Wildman–Crippen LogP) is 2.17. The Labute approximate surface area is 120 Å². The normalized spacial score (nSPS) is 22.8. The number of benzene rings is 1. The van der Waals surface area contributed by atoms with Gasteiger partial charge in [0.25, 0.3) is 0 Å². The zero-order chi connectivity index (χ0) is 14.5. The van der Waals surface area contributed by atoms with E-state index in [1.807, 2.05) is 43.1 Å². The lowest BCUT2D eigenvalue weighted by Gasteiger charge is -2.34. The van der Waals surface area contributed by atoms with E-state index in [1.165, 1.54) is 0 Å². The number of carbonyl (C=O) groups is 1. The fourth-order valence-corrected chi connectivity index (χ4v) is 2.87. The molecule has 4 heteroatoms. The SMILES string of the molecule is Cc1cccc(NC(=O)CN(C)C2CCCCC2O)c1. The molecule has 0 aromatic heterocycles. The monoisotopic (exact) mass is 276 g/mol. The molecule has 2 atom stereocenters. The molecule has 1 fully saturated rings. The van der Waals surface area contributed by atoms with Gasteiger partial charge in [-0.2, -0.15) is 0 Å². The number of aryl methyl sites for hydroxylation is 1. The van der Waals surface area contributed by atoms with E-state index >= 15 is 0 Å². The van der Waals surface area contributed by atoms with Crippen LogP contribution in [0, 0.1) is 6.92 Å². The molecule has 110 valence electrons. The summed E-state index contributed by atoms with van der Waals surface area (Å²) in [5.41, 5.74) is 1.95. The summed E-state index contributed by atoms with van der Waals surface area (Å²) >= 11 is 0. The fourth-order valence-electron chi connectivity index (χ4n) is 2.87. The first-order valence-corrected chi connectivity index (χ1v) is 7.31. The Kier molecular flexibility index (Phi) is 5.15. The van der Waals surface area contributed by atoms with Crippen LogP contribution < -0.4 is 5.32 Å². The average Bonchev–Trinajstić information content (AvgIpc) is 2.38. The number of anilines is 1. The summed E-state index contributed by atoms with van der Waals surface area (Å²) in [5.74, 6) is -0.0316. The van der Waals surface area contributed by atoms with Gasteiger partial charge in [0.1, 0.15) is 0 Å². The Bertz CT molecular complexity index is 462. The number of hydrogen-bond acceptors (Lipinski definition) is 3. The van der Waals surface area contributed by atoms with Crippen molar-refractivity contribution < 1.29 is 9.90 Å². The number of amides is 1. The number of likely N-dealkylation sites (N-methyl/N-ethyl adjacent to an activating group) is 1. The zero-order valence-electron chi connectivity index (χ0n) is 12.3. The van der Waals surface area contributed by atoms with Crippen LogP contribution in [-0.2, 0) is 4.79 Å². The summed E-state index contributed by atoms with van der Waals surface area (Å²) in [6.07, 6.45) is 3.72. The molecule has 0 radical (unpaired) electrons. The zero-order valence-corrected chi connectivity index (χ0v) is 12.3. The van der Waals surface area contributed by atoms with Gasteiger partial charge in [0.2, 0.25) is 5.91 Å². The van der Waals surface area contributed by atoms with Crippen molar-refractivity contribution in [2.45, 2.75) is 44.8 Å². The molecule has 1 aromatic carbocycles. The molecule has 0 bridgehead atoms.